The predicted octanol–water partition coefficient (Wildman–Crippen LogP) is 5.36. The van der Waals surface area contributed by atoms with E-state index in [1.807, 2.05) is 57.2 Å². The maximum atomic E-state index is 14.1. The molecule has 0 spiro atoms. The van der Waals surface area contributed by atoms with Crippen LogP contribution in [0.5, 0.6) is 0 Å². The second-order valence-electron chi connectivity index (χ2n) is 10.6. The Morgan fingerprint density at radius 3 is 2.02 bits per heavy atom. The molecule has 1 fully saturated rings. The van der Waals surface area contributed by atoms with Crippen molar-refractivity contribution in [2.75, 3.05) is 10.8 Å². The van der Waals surface area contributed by atoms with Gasteiger partial charge in [0.2, 0.25) is 11.8 Å². The molecule has 2 amide bonds. The number of nitrogens with one attached hydrogen (secondary N) is 1. The van der Waals surface area contributed by atoms with Crippen molar-refractivity contribution in [3.63, 3.8) is 0 Å². The molecule has 8 heteroatoms. The minimum absolute atomic E-state index is 0.0967. The van der Waals surface area contributed by atoms with Crippen molar-refractivity contribution in [2.24, 2.45) is 0 Å². The fourth-order valence-corrected chi connectivity index (χ4v) is 6.57. The van der Waals surface area contributed by atoms with Crippen LogP contribution in [-0.4, -0.2) is 43.8 Å². The van der Waals surface area contributed by atoms with E-state index in [1.165, 1.54) is 17.0 Å². The fourth-order valence-electron chi connectivity index (χ4n) is 5.14. The number of sulfonamides is 1. The molecule has 4 rings (SSSR count). The molecule has 7 nitrogen and oxygen atoms in total. The molecule has 40 heavy (non-hydrogen) atoms. The summed E-state index contributed by atoms with van der Waals surface area (Å²) in [5, 5.41) is 3.14. The Morgan fingerprint density at radius 2 is 1.45 bits per heavy atom. The van der Waals surface area contributed by atoms with Gasteiger partial charge in [0.05, 0.1) is 10.6 Å². The number of hydrogen-bond donors (Lipinski definition) is 1. The number of rotatable bonds is 11. The third-order valence-corrected chi connectivity index (χ3v) is 9.28. The first kappa shape index (κ1) is 29.3. The number of anilines is 1. The molecule has 0 aromatic heterocycles. The van der Waals surface area contributed by atoms with E-state index in [4.69, 9.17) is 0 Å². The fraction of sp³-hybridized carbons (Fsp3) is 0.375. The number of aryl methyl sites for hydroxylation is 2. The van der Waals surface area contributed by atoms with Crippen LogP contribution in [0.15, 0.2) is 83.8 Å². The average molecular weight is 562 g/mol. The molecule has 1 unspecified atom stereocenters. The Kier molecular flexibility index (Phi) is 9.63. The summed E-state index contributed by atoms with van der Waals surface area (Å²) in [6.45, 7) is 5.56. The van der Waals surface area contributed by atoms with Crippen molar-refractivity contribution < 1.29 is 18.0 Å². The van der Waals surface area contributed by atoms with E-state index in [0.717, 1.165) is 46.7 Å². The Hall–Kier alpha value is -3.65. The van der Waals surface area contributed by atoms with E-state index in [2.05, 4.69) is 5.32 Å². The molecular formula is C32H39N3O4S. The molecule has 212 valence electrons. The van der Waals surface area contributed by atoms with E-state index in [-0.39, 0.29) is 23.4 Å². The van der Waals surface area contributed by atoms with Crippen molar-refractivity contribution in [1.82, 2.24) is 10.2 Å². The molecule has 0 aliphatic heterocycles. The Labute approximate surface area is 238 Å². The number of hydrogen-bond acceptors (Lipinski definition) is 4. The van der Waals surface area contributed by atoms with Crippen LogP contribution in [0.25, 0.3) is 0 Å². The first-order chi connectivity index (χ1) is 19.2. The van der Waals surface area contributed by atoms with Gasteiger partial charge in [-0.1, -0.05) is 85.5 Å². The zero-order chi connectivity index (χ0) is 28.7. The van der Waals surface area contributed by atoms with Gasteiger partial charge in [-0.15, -0.1) is 0 Å². The maximum absolute atomic E-state index is 14.1. The van der Waals surface area contributed by atoms with Crippen LogP contribution in [0, 0.1) is 13.8 Å². The quantitative estimate of drug-likeness (QED) is 0.341. The largest absolute Gasteiger partial charge is 0.352 e. The van der Waals surface area contributed by atoms with Crippen molar-refractivity contribution >= 4 is 27.5 Å². The highest BCUT2D eigenvalue weighted by Gasteiger charge is 2.34. The summed E-state index contributed by atoms with van der Waals surface area (Å²) < 4.78 is 28.8. The van der Waals surface area contributed by atoms with Gasteiger partial charge in [0, 0.05) is 12.6 Å². The monoisotopic (exact) mass is 561 g/mol. The lowest BCUT2D eigenvalue weighted by atomic mass is 10.1. The summed E-state index contributed by atoms with van der Waals surface area (Å²) in [5.41, 5.74) is 3.33. The highest BCUT2D eigenvalue weighted by molar-refractivity contribution is 7.92. The molecule has 1 aliphatic rings. The molecule has 0 radical (unpaired) electrons. The van der Waals surface area contributed by atoms with E-state index in [9.17, 15) is 18.0 Å². The predicted molar refractivity (Wildman–Crippen MR) is 158 cm³/mol. The van der Waals surface area contributed by atoms with Gasteiger partial charge in [0.15, 0.2) is 0 Å². The molecule has 1 N–H and O–H groups in total. The number of carbonyl (C=O) groups excluding carboxylic acids is 2. The van der Waals surface area contributed by atoms with Crippen LogP contribution in [0.3, 0.4) is 0 Å². The van der Waals surface area contributed by atoms with Gasteiger partial charge in [-0.25, -0.2) is 8.42 Å². The lowest BCUT2D eigenvalue weighted by Gasteiger charge is -2.33. The lowest BCUT2D eigenvalue weighted by Crippen LogP contribution is -2.53. The molecule has 1 aliphatic carbocycles. The van der Waals surface area contributed by atoms with Gasteiger partial charge in [-0.3, -0.25) is 13.9 Å². The van der Waals surface area contributed by atoms with Crippen molar-refractivity contribution in [2.45, 2.75) is 76.4 Å². The summed E-state index contributed by atoms with van der Waals surface area (Å²) in [7, 11) is -4.06. The molecule has 0 heterocycles. The number of amides is 2. The van der Waals surface area contributed by atoms with Crippen LogP contribution >= 0.6 is 0 Å². The first-order valence-corrected chi connectivity index (χ1v) is 15.4. The minimum atomic E-state index is -4.06. The molecule has 3 aromatic carbocycles. The molecule has 1 atom stereocenters. The molecule has 3 aromatic rings. The molecular weight excluding hydrogens is 522 g/mol. The third-order valence-electron chi connectivity index (χ3n) is 7.49. The van der Waals surface area contributed by atoms with Gasteiger partial charge in [0.1, 0.15) is 12.6 Å². The van der Waals surface area contributed by atoms with E-state index in [0.29, 0.717) is 12.1 Å². The second kappa shape index (κ2) is 13.1. The van der Waals surface area contributed by atoms with Gasteiger partial charge < -0.3 is 10.2 Å². The number of carbonyl (C=O) groups is 2. The Morgan fingerprint density at radius 1 is 0.875 bits per heavy atom. The lowest BCUT2D eigenvalue weighted by molar-refractivity contribution is -0.140. The smallest absolute Gasteiger partial charge is 0.264 e. The number of benzene rings is 3. The highest BCUT2D eigenvalue weighted by Crippen LogP contribution is 2.25. The zero-order valence-corrected chi connectivity index (χ0v) is 24.4. The van der Waals surface area contributed by atoms with Gasteiger partial charge in [-0.2, -0.15) is 0 Å². The van der Waals surface area contributed by atoms with Crippen LogP contribution in [-0.2, 0) is 26.2 Å². The topological polar surface area (TPSA) is 86.8 Å². The van der Waals surface area contributed by atoms with Crippen molar-refractivity contribution in [3.8, 4) is 0 Å². The normalized spacial score (nSPS) is 14.5. The summed E-state index contributed by atoms with van der Waals surface area (Å²) in [4.78, 5) is 29.3. The second-order valence-corrected chi connectivity index (χ2v) is 12.4. The van der Waals surface area contributed by atoms with E-state index >= 15 is 0 Å². The minimum Gasteiger partial charge on any atom is -0.352 e. The molecule has 1 saturated carbocycles. The standard InChI is InChI=1S/C32H39N3O4S/c1-4-30(32(37)33-27-10-8-9-11-27)34(22-26-18-14-24(2)15-19-26)31(36)23-35(28-20-16-25(3)17-21-28)40(38,39)29-12-6-5-7-13-29/h5-7,12-21,27,30H,4,8-11,22-23H2,1-3H3,(H,33,37). The van der Waals surface area contributed by atoms with Gasteiger partial charge in [-0.05, 0) is 62.9 Å². The van der Waals surface area contributed by atoms with Crippen molar-refractivity contribution in [3.05, 3.63) is 95.6 Å². The van der Waals surface area contributed by atoms with Crippen LogP contribution in [0.2, 0.25) is 0 Å². The Bertz CT molecular complexity index is 1380. The third kappa shape index (κ3) is 7.10. The molecule has 0 bridgehead atoms. The summed E-state index contributed by atoms with van der Waals surface area (Å²) in [6.07, 6.45) is 4.44. The SMILES string of the molecule is CCC(C(=O)NC1CCCC1)N(Cc1ccc(C)cc1)C(=O)CN(c1ccc(C)cc1)S(=O)(=O)c1ccccc1. The highest BCUT2D eigenvalue weighted by atomic mass is 32.2. The van der Waals surface area contributed by atoms with Crippen LogP contribution in [0.4, 0.5) is 5.69 Å². The van der Waals surface area contributed by atoms with Crippen molar-refractivity contribution in [1.29, 1.82) is 0 Å². The zero-order valence-electron chi connectivity index (χ0n) is 23.5. The first-order valence-electron chi connectivity index (χ1n) is 14.0. The van der Waals surface area contributed by atoms with Gasteiger partial charge in [0.25, 0.3) is 10.0 Å². The molecule has 0 saturated heterocycles. The van der Waals surface area contributed by atoms with E-state index < -0.39 is 28.5 Å². The van der Waals surface area contributed by atoms with Crippen LogP contribution in [0.1, 0.15) is 55.7 Å². The number of nitrogens with zero attached hydrogens (tertiary/aromatic N) is 2. The Balaban J connectivity index is 1.69. The van der Waals surface area contributed by atoms with Crippen LogP contribution < -0.4 is 9.62 Å². The van der Waals surface area contributed by atoms with E-state index in [1.54, 1.807) is 30.3 Å². The van der Waals surface area contributed by atoms with Gasteiger partial charge >= 0.3 is 0 Å². The maximum Gasteiger partial charge on any atom is 0.264 e. The summed E-state index contributed by atoms with van der Waals surface area (Å²) in [5.74, 6) is -0.628. The summed E-state index contributed by atoms with van der Waals surface area (Å²) in [6, 6.07) is 22.4. The average Bonchev–Trinajstić information content (AvgIpc) is 3.46. The summed E-state index contributed by atoms with van der Waals surface area (Å²) >= 11 is 0.